The van der Waals surface area contributed by atoms with Crippen LogP contribution in [0.15, 0.2) is 48.0 Å². The van der Waals surface area contributed by atoms with Crippen LogP contribution in [0.1, 0.15) is 37.1 Å². The summed E-state index contributed by atoms with van der Waals surface area (Å²) in [6.45, 7) is 4.18. The summed E-state index contributed by atoms with van der Waals surface area (Å²) in [5.74, 6) is -0.195. The van der Waals surface area contributed by atoms with E-state index in [0.717, 1.165) is 11.1 Å². The van der Waals surface area contributed by atoms with Crippen LogP contribution in [-0.4, -0.2) is 4.98 Å². The summed E-state index contributed by atoms with van der Waals surface area (Å²) in [5.41, 5.74) is 5.08. The lowest BCUT2D eigenvalue weighted by molar-refractivity contribution is 0.492. The number of benzene rings is 2. The second-order valence-corrected chi connectivity index (χ2v) is 6.13. The summed E-state index contributed by atoms with van der Waals surface area (Å²) >= 11 is 1.65. The van der Waals surface area contributed by atoms with Gasteiger partial charge in [0, 0.05) is 12.1 Å². The molecule has 1 aromatic heterocycles. The van der Waals surface area contributed by atoms with Gasteiger partial charge in [-0.1, -0.05) is 18.2 Å². The highest BCUT2D eigenvalue weighted by Gasteiger charge is 2.12. The van der Waals surface area contributed by atoms with Crippen LogP contribution in [0.4, 0.5) is 4.39 Å². The first-order valence-electron chi connectivity index (χ1n) is 6.98. The highest BCUT2D eigenvalue weighted by molar-refractivity contribution is 7.16. The fourth-order valence-electron chi connectivity index (χ4n) is 2.48. The molecule has 3 aromatic rings. The molecular formula is C17H17FN2S. The molecule has 1 N–H and O–H groups in total. The van der Waals surface area contributed by atoms with Gasteiger partial charge in [0.15, 0.2) is 0 Å². The van der Waals surface area contributed by atoms with E-state index in [4.69, 9.17) is 0 Å². The Bertz CT molecular complexity index is 753. The minimum Gasteiger partial charge on any atom is -0.304 e. The Kier molecular flexibility index (Phi) is 3.99. The molecular weight excluding hydrogens is 283 g/mol. The highest BCUT2D eigenvalue weighted by atomic mass is 32.1. The third-order valence-corrected chi connectivity index (χ3v) is 4.50. The maximum Gasteiger partial charge on any atom is 0.123 e. The van der Waals surface area contributed by atoms with Crippen LogP contribution >= 0.6 is 11.3 Å². The zero-order chi connectivity index (χ0) is 14.8. The van der Waals surface area contributed by atoms with E-state index in [9.17, 15) is 4.39 Å². The van der Waals surface area contributed by atoms with Gasteiger partial charge in [-0.3, -0.25) is 0 Å². The van der Waals surface area contributed by atoms with E-state index >= 15 is 0 Å². The largest absolute Gasteiger partial charge is 0.304 e. The van der Waals surface area contributed by atoms with Gasteiger partial charge in [0.25, 0.3) is 0 Å². The summed E-state index contributed by atoms with van der Waals surface area (Å²) < 4.78 is 14.5. The van der Waals surface area contributed by atoms with Gasteiger partial charge in [-0.05, 0) is 49.2 Å². The standard InChI is InChI=1S/C17H17FN2S/c1-11(13-4-3-5-15(18)8-13)20-12(2)14-6-7-16-17(9-14)21-10-19-16/h3-12,20H,1-2H3. The van der Waals surface area contributed by atoms with Crippen molar-refractivity contribution in [2.24, 2.45) is 0 Å². The number of nitrogens with one attached hydrogen (secondary N) is 1. The molecule has 0 amide bonds. The number of aromatic nitrogens is 1. The molecule has 3 rings (SSSR count). The van der Waals surface area contributed by atoms with E-state index in [1.807, 2.05) is 17.6 Å². The lowest BCUT2D eigenvalue weighted by Gasteiger charge is -2.21. The third-order valence-electron chi connectivity index (χ3n) is 3.70. The van der Waals surface area contributed by atoms with Gasteiger partial charge in [-0.25, -0.2) is 9.37 Å². The molecule has 0 radical (unpaired) electrons. The van der Waals surface area contributed by atoms with Gasteiger partial charge < -0.3 is 5.32 Å². The zero-order valence-electron chi connectivity index (χ0n) is 12.0. The van der Waals surface area contributed by atoms with Crippen LogP contribution in [0.2, 0.25) is 0 Å². The van der Waals surface area contributed by atoms with Crippen molar-refractivity contribution in [1.82, 2.24) is 10.3 Å². The second kappa shape index (κ2) is 5.92. The average molecular weight is 300 g/mol. The van der Waals surface area contributed by atoms with Crippen molar-refractivity contribution >= 4 is 21.6 Å². The Hall–Kier alpha value is -1.78. The molecule has 2 nitrogen and oxygen atoms in total. The van der Waals surface area contributed by atoms with Crippen molar-refractivity contribution < 1.29 is 4.39 Å². The van der Waals surface area contributed by atoms with Crippen LogP contribution in [-0.2, 0) is 0 Å². The summed E-state index contributed by atoms with van der Waals surface area (Å²) in [5, 5.41) is 3.51. The fourth-order valence-corrected chi connectivity index (χ4v) is 3.21. The van der Waals surface area contributed by atoms with Crippen molar-refractivity contribution in [3.63, 3.8) is 0 Å². The summed E-state index contributed by atoms with van der Waals surface area (Å²) in [4.78, 5) is 4.29. The Balaban J connectivity index is 1.77. The molecule has 0 fully saturated rings. The first-order chi connectivity index (χ1) is 10.1. The maximum atomic E-state index is 13.3. The lowest BCUT2D eigenvalue weighted by Crippen LogP contribution is -2.22. The van der Waals surface area contributed by atoms with Crippen molar-refractivity contribution in [3.05, 3.63) is 64.9 Å². The number of rotatable bonds is 4. The first kappa shape index (κ1) is 14.2. The van der Waals surface area contributed by atoms with Crippen molar-refractivity contribution in [1.29, 1.82) is 0 Å². The number of halogens is 1. The summed E-state index contributed by atoms with van der Waals surface area (Å²) in [7, 11) is 0. The smallest absolute Gasteiger partial charge is 0.123 e. The van der Waals surface area contributed by atoms with Crippen molar-refractivity contribution in [3.8, 4) is 0 Å². The Morgan fingerprint density at radius 3 is 2.57 bits per heavy atom. The lowest BCUT2D eigenvalue weighted by atomic mass is 10.0. The molecule has 108 valence electrons. The van der Waals surface area contributed by atoms with Gasteiger partial charge in [0.2, 0.25) is 0 Å². The second-order valence-electron chi connectivity index (χ2n) is 5.24. The van der Waals surface area contributed by atoms with Gasteiger partial charge in [0.1, 0.15) is 5.82 Å². The van der Waals surface area contributed by atoms with E-state index in [1.165, 1.54) is 16.3 Å². The Labute approximate surface area is 127 Å². The number of fused-ring (bicyclic) bond motifs is 1. The molecule has 0 bridgehead atoms. The van der Waals surface area contributed by atoms with Crippen LogP contribution in [0.5, 0.6) is 0 Å². The number of thiazole rings is 1. The van der Waals surface area contributed by atoms with Crippen molar-refractivity contribution in [2.75, 3.05) is 0 Å². The van der Waals surface area contributed by atoms with Crippen LogP contribution in [0, 0.1) is 5.82 Å². The van der Waals surface area contributed by atoms with E-state index in [-0.39, 0.29) is 17.9 Å². The van der Waals surface area contributed by atoms with Gasteiger partial charge in [-0.2, -0.15) is 0 Å². The predicted octanol–water partition coefficient (Wildman–Crippen LogP) is 4.85. The summed E-state index contributed by atoms with van der Waals surface area (Å²) in [6.07, 6.45) is 0. The molecule has 0 saturated carbocycles. The highest BCUT2D eigenvalue weighted by Crippen LogP contribution is 2.25. The average Bonchev–Trinajstić information content (AvgIpc) is 2.94. The topological polar surface area (TPSA) is 24.9 Å². The van der Waals surface area contributed by atoms with E-state index in [0.29, 0.717) is 0 Å². The molecule has 2 unspecified atom stereocenters. The zero-order valence-corrected chi connectivity index (χ0v) is 12.8. The van der Waals surface area contributed by atoms with Gasteiger partial charge in [-0.15, -0.1) is 11.3 Å². The summed E-state index contributed by atoms with van der Waals surface area (Å²) in [6, 6.07) is 13.3. The molecule has 0 aliphatic rings. The van der Waals surface area contributed by atoms with Crippen LogP contribution < -0.4 is 5.32 Å². The molecule has 2 atom stereocenters. The molecule has 0 aliphatic heterocycles. The first-order valence-corrected chi connectivity index (χ1v) is 7.86. The molecule has 0 aliphatic carbocycles. The molecule has 0 spiro atoms. The van der Waals surface area contributed by atoms with E-state index in [2.05, 4.69) is 36.3 Å². The molecule has 0 saturated heterocycles. The Morgan fingerprint density at radius 2 is 1.81 bits per heavy atom. The van der Waals surface area contributed by atoms with Gasteiger partial charge in [0.05, 0.1) is 15.7 Å². The number of hydrogen-bond acceptors (Lipinski definition) is 3. The van der Waals surface area contributed by atoms with Gasteiger partial charge >= 0.3 is 0 Å². The number of hydrogen-bond donors (Lipinski definition) is 1. The molecule has 1 heterocycles. The Morgan fingerprint density at radius 1 is 1.05 bits per heavy atom. The third kappa shape index (κ3) is 3.12. The maximum absolute atomic E-state index is 13.3. The molecule has 21 heavy (non-hydrogen) atoms. The van der Waals surface area contributed by atoms with E-state index in [1.54, 1.807) is 23.5 Å². The van der Waals surface area contributed by atoms with E-state index < -0.39 is 0 Å². The normalized spacial score (nSPS) is 14.2. The fraction of sp³-hybridized carbons (Fsp3) is 0.235. The minimum absolute atomic E-state index is 0.0906. The monoisotopic (exact) mass is 300 g/mol. The van der Waals surface area contributed by atoms with Crippen LogP contribution in [0.25, 0.3) is 10.2 Å². The SMILES string of the molecule is CC(NC(C)c1ccc2ncsc2c1)c1cccc(F)c1. The number of nitrogens with zero attached hydrogens (tertiary/aromatic N) is 1. The minimum atomic E-state index is -0.195. The predicted molar refractivity (Wildman–Crippen MR) is 86.0 cm³/mol. The molecule has 2 aromatic carbocycles. The quantitative estimate of drug-likeness (QED) is 0.745. The molecule has 4 heteroatoms. The van der Waals surface area contributed by atoms with Crippen LogP contribution in [0.3, 0.4) is 0 Å². The van der Waals surface area contributed by atoms with Crippen molar-refractivity contribution in [2.45, 2.75) is 25.9 Å².